The van der Waals surface area contributed by atoms with Gasteiger partial charge in [-0.2, -0.15) is 0 Å². The van der Waals surface area contributed by atoms with Crippen molar-refractivity contribution in [1.29, 1.82) is 0 Å². The van der Waals surface area contributed by atoms with Crippen molar-refractivity contribution in [1.82, 2.24) is 0 Å². The SMILES string of the molecule is NCCN.NCCN.NCCN.[Cl][Ru]([Cl])[Cl]. The molecule has 0 aliphatic rings. The summed E-state index contributed by atoms with van der Waals surface area (Å²) in [7, 11) is 14.8. The molecule has 10 heteroatoms. The summed E-state index contributed by atoms with van der Waals surface area (Å²) in [5.41, 5.74) is 29.4. The van der Waals surface area contributed by atoms with Crippen LogP contribution in [0.2, 0.25) is 0 Å². The van der Waals surface area contributed by atoms with E-state index in [0.29, 0.717) is 39.3 Å². The Labute approximate surface area is 115 Å². The van der Waals surface area contributed by atoms with Crippen LogP contribution in [-0.4, -0.2) is 39.3 Å². The Morgan fingerprint density at radius 1 is 0.500 bits per heavy atom. The van der Waals surface area contributed by atoms with Gasteiger partial charge in [-0.05, 0) is 0 Å². The number of rotatable bonds is 3. The molecule has 0 saturated heterocycles. The van der Waals surface area contributed by atoms with E-state index in [9.17, 15) is 0 Å². The van der Waals surface area contributed by atoms with E-state index in [1.807, 2.05) is 0 Å². The van der Waals surface area contributed by atoms with Gasteiger partial charge in [0.05, 0.1) is 0 Å². The van der Waals surface area contributed by atoms with Crippen LogP contribution < -0.4 is 34.4 Å². The molecule has 12 N–H and O–H groups in total. The van der Waals surface area contributed by atoms with Crippen LogP contribution in [0.5, 0.6) is 0 Å². The molecular formula is C6H24Cl3N6Ru. The van der Waals surface area contributed by atoms with Gasteiger partial charge in [0.1, 0.15) is 0 Å². The first kappa shape index (κ1) is 25.9. The summed E-state index contributed by atoms with van der Waals surface area (Å²) in [6, 6.07) is 0. The molecule has 0 saturated carbocycles. The van der Waals surface area contributed by atoms with Gasteiger partial charge in [-0.1, -0.05) is 0 Å². The van der Waals surface area contributed by atoms with Gasteiger partial charge in [-0.3, -0.25) is 0 Å². The summed E-state index contributed by atoms with van der Waals surface area (Å²) in [5.74, 6) is 0. The van der Waals surface area contributed by atoms with Gasteiger partial charge in [-0.25, -0.2) is 0 Å². The van der Waals surface area contributed by atoms with E-state index in [1.165, 1.54) is 0 Å². The van der Waals surface area contributed by atoms with Crippen molar-refractivity contribution < 1.29 is 13.0 Å². The minimum absolute atomic E-state index is 0.597. The van der Waals surface area contributed by atoms with Crippen LogP contribution in [0.15, 0.2) is 0 Å². The fourth-order valence-corrected chi connectivity index (χ4v) is 0. The van der Waals surface area contributed by atoms with Crippen molar-refractivity contribution in [3.8, 4) is 0 Å². The van der Waals surface area contributed by atoms with Crippen LogP contribution in [0.1, 0.15) is 0 Å². The van der Waals surface area contributed by atoms with E-state index >= 15 is 0 Å². The zero-order chi connectivity index (χ0) is 13.8. The molecule has 6 nitrogen and oxygen atoms in total. The second-order valence-corrected chi connectivity index (χ2v) is 9.80. The first-order chi connectivity index (χ1) is 7.47. The third-order valence-corrected chi connectivity index (χ3v) is 0.500. The van der Waals surface area contributed by atoms with Crippen LogP contribution in [0.3, 0.4) is 0 Å². The van der Waals surface area contributed by atoms with Crippen molar-refractivity contribution in [2.45, 2.75) is 0 Å². The van der Waals surface area contributed by atoms with Gasteiger partial charge < -0.3 is 34.4 Å². The standard InChI is InChI=1S/3C2H8N2.3ClH.Ru/c3*3-1-2-4;;;;/h3*1-4H2;3*1H;/q;;;;;;+3/p-3. The normalized spacial score (nSPS) is 8.44. The van der Waals surface area contributed by atoms with E-state index in [-0.39, 0.29) is 0 Å². The molecule has 0 fully saturated rings. The predicted octanol–water partition coefficient (Wildman–Crippen LogP) is -1.22. The van der Waals surface area contributed by atoms with Crippen LogP contribution >= 0.6 is 29.1 Å². The van der Waals surface area contributed by atoms with Gasteiger partial charge in [-0.15, -0.1) is 0 Å². The summed E-state index contributed by atoms with van der Waals surface area (Å²) in [6.45, 7) is 3.58. The predicted molar refractivity (Wildman–Crippen MR) is 71.9 cm³/mol. The van der Waals surface area contributed by atoms with Crippen LogP contribution in [0.25, 0.3) is 0 Å². The maximum absolute atomic E-state index is 4.95. The Balaban J connectivity index is -0.0000000600. The second kappa shape index (κ2) is 36.0. The third kappa shape index (κ3) is 171. The maximum atomic E-state index is 4.95. The Kier molecular flexibility index (Phi) is 58.3. The van der Waals surface area contributed by atoms with E-state index in [4.69, 9.17) is 63.5 Å². The zero-order valence-electron chi connectivity index (χ0n) is 9.19. The fourth-order valence-electron chi connectivity index (χ4n) is 0. The molecule has 0 unspecified atom stereocenters. The Morgan fingerprint density at radius 2 is 0.562 bits per heavy atom. The van der Waals surface area contributed by atoms with Gasteiger partial charge in [0.15, 0.2) is 0 Å². The van der Waals surface area contributed by atoms with E-state index in [1.54, 1.807) is 0 Å². The quantitative estimate of drug-likeness (QED) is 0.333. The second-order valence-electron chi connectivity index (χ2n) is 1.88. The molecule has 0 bridgehead atoms. The average molecular weight is 388 g/mol. The molecular weight excluding hydrogens is 364 g/mol. The van der Waals surface area contributed by atoms with E-state index in [0.717, 1.165) is 0 Å². The minimum atomic E-state index is -1.75. The molecule has 0 aromatic rings. The monoisotopic (exact) mass is 387 g/mol. The van der Waals surface area contributed by atoms with Gasteiger partial charge >= 0.3 is 42.1 Å². The Morgan fingerprint density at radius 3 is 0.562 bits per heavy atom. The first-order valence-corrected chi connectivity index (χ1v) is 11.1. The van der Waals surface area contributed by atoms with Gasteiger partial charge in [0.2, 0.25) is 0 Å². The van der Waals surface area contributed by atoms with Crippen LogP contribution in [0, 0.1) is 0 Å². The van der Waals surface area contributed by atoms with E-state index in [2.05, 4.69) is 0 Å². The first-order valence-electron chi connectivity index (χ1n) is 4.35. The number of hydrogen-bond donors (Lipinski definition) is 6. The summed E-state index contributed by atoms with van der Waals surface area (Å²) in [5, 5.41) is 0. The van der Waals surface area contributed by atoms with Gasteiger partial charge in [0.25, 0.3) is 0 Å². The summed E-state index contributed by atoms with van der Waals surface area (Å²) in [6.07, 6.45) is 0. The van der Waals surface area contributed by atoms with Crippen molar-refractivity contribution >= 4 is 29.1 Å². The molecule has 0 radical (unpaired) electrons. The zero-order valence-corrected chi connectivity index (χ0v) is 13.2. The summed E-state index contributed by atoms with van der Waals surface area (Å²) in [4.78, 5) is 0. The van der Waals surface area contributed by atoms with Crippen molar-refractivity contribution in [2.24, 2.45) is 34.4 Å². The Bertz CT molecular complexity index is 65.0. The van der Waals surface area contributed by atoms with Crippen molar-refractivity contribution in [3.05, 3.63) is 0 Å². The summed E-state index contributed by atoms with van der Waals surface area (Å²) >= 11 is -1.75. The molecule has 0 aromatic heterocycles. The molecule has 0 spiro atoms. The van der Waals surface area contributed by atoms with E-state index < -0.39 is 13.0 Å². The molecule has 0 aliphatic carbocycles. The number of nitrogens with two attached hydrogens (primary N) is 6. The third-order valence-electron chi connectivity index (χ3n) is 0.500. The molecule has 0 heterocycles. The molecule has 107 valence electrons. The molecule has 0 aliphatic heterocycles. The van der Waals surface area contributed by atoms with Crippen molar-refractivity contribution in [2.75, 3.05) is 39.3 Å². The number of halogens is 3. The van der Waals surface area contributed by atoms with Crippen LogP contribution in [0.4, 0.5) is 0 Å². The van der Waals surface area contributed by atoms with Crippen molar-refractivity contribution in [3.63, 3.8) is 0 Å². The average Bonchev–Trinajstić information content (AvgIpc) is 2.28. The summed E-state index contributed by atoms with van der Waals surface area (Å²) < 4.78 is 0. The molecule has 0 amide bonds. The number of hydrogen-bond acceptors (Lipinski definition) is 6. The van der Waals surface area contributed by atoms with Crippen LogP contribution in [-0.2, 0) is 13.0 Å². The molecule has 0 rings (SSSR count). The topological polar surface area (TPSA) is 156 Å². The molecule has 0 atom stereocenters. The Hall–Kier alpha value is 1.25. The molecule has 0 aromatic carbocycles. The van der Waals surface area contributed by atoms with Gasteiger partial charge in [0, 0.05) is 39.3 Å². The molecule has 16 heavy (non-hydrogen) atoms. The fraction of sp³-hybridized carbons (Fsp3) is 1.00.